The lowest BCUT2D eigenvalue weighted by molar-refractivity contribution is 0.607. The van der Waals surface area contributed by atoms with E-state index < -0.39 is 0 Å². The third-order valence-corrected chi connectivity index (χ3v) is 3.45. The van der Waals surface area contributed by atoms with Crippen LogP contribution in [-0.2, 0) is 6.54 Å². The Bertz CT molecular complexity index is 318. The summed E-state index contributed by atoms with van der Waals surface area (Å²) in [6.45, 7) is 6.11. The molecule has 0 heterocycles. The van der Waals surface area contributed by atoms with Gasteiger partial charge in [-0.05, 0) is 46.6 Å². The van der Waals surface area contributed by atoms with Gasteiger partial charge in [-0.15, -0.1) is 0 Å². The van der Waals surface area contributed by atoms with Gasteiger partial charge in [0.2, 0.25) is 0 Å². The van der Waals surface area contributed by atoms with Crippen molar-refractivity contribution in [3.63, 3.8) is 0 Å². The van der Waals surface area contributed by atoms with Gasteiger partial charge < -0.3 is 10.6 Å². The van der Waals surface area contributed by atoms with Crippen LogP contribution in [0, 0.1) is 0 Å². The lowest BCUT2D eigenvalue weighted by atomic mass is 10.2. The fourth-order valence-corrected chi connectivity index (χ4v) is 1.81. The van der Waals surface area contributed by atoms with Gasteiger partial charge in [0.15, 0.2) is 0 Å². The molecule has 0 radical (unpaired) electrons. The predicted octanol–water partition coefficient (Wildman–Crippen LogP) is 3.19. The van der Waals surface area contributed by atoms with E-state index in [4.69, 9.17) is 11.6 Å². The molecule has 1 aromatic carbocycles. The van der Waals surface area contributed by atoms with E-state index in [0.717, 1.165) is 35.7 Å². The van der Waals surface area contributed by atoms with Crippen LogP contribution in [0.3, 0.4) is 0 Å². The number of nitrogens with one attached hydrogen (secondary N) is 2. The van der Waals surface area contributed by atoms with Crippen LogP contribution in [0.25, 0.3) is 0 Å². The van der Waals surface area contributed by atoms with Crippen LogP contribution in [-0.4, -0.2) is 19.6 Å². The van der Waals surface area contributed by atoms with Crippen molar-refractivity contribution < 1.29 is 0 Å². The maximum absolute atomic E-state index is 6.01. The van der Waals surface area contributed by atoms with Crippen LogP contribution in [0.2, 0.25) is 5.02 Å². The molecular weight excluding hydrogens is 288 g/mol. The lowest BCUT2D eigenvalue weighted by Crippen LogP contribution is -2.27. The second-order valence-corrected chi connectivity index (χ2v) is 4.94. The molecule has 0 unspecified atom stereocenters. The van der Waals surface area contributed by atoms with E-state index in [2.05, 4.69) is 39.6 Å². The molecular formula is C12H18BrClN2. The van der Waals surface area contributed by atoms with Gasteiger partial charge in [-0.25, -0.2) is 0 Å². The number of halogens is 2. The molecule has 0 saturated heterocycles. The Morgan fingerprint density at radius 2 is 1.94 bits per heavy atom. The van der Waals surface area contributed by atoms with Gasteiger partial charge >= 0.3 is 0 Å². The molecule has 4 heteroatoms. The summed E-state index contributed by atoms with van der Waals surface area (Å²) in [7, 11) is 0. The van der Waals surface area contributed by atoms with E-state index in [1.165, 1.54) is 12.0 Å². The zero-order chi connectivity index (χ0) is 11.8. The molecule has 2 N–H and O–H groups in total. The SMILES string of the molecule is CCCNCCNCc1ccc(Br)c(Cl)c1. The molecule has 0 amide bonds. The summed E-state index contributed by atoms with van der Waals surface area (Å²) in [6.07, 6.45) is 1.18. The number of hydrogen-bond acceptors (Lipinski definition) is 2. The second kappa shape index (κ2) is 8.07. The van der Waals surface area contributed by atoms with Gasteiger partial charge in [-0.1, -0.05) is 24.6 Å². The van der Waals surface area contributed by atoms with Crippen LogP contribution in [0.15, 0.2) is 22.7 Å². The quantitative estimate of drug-likeness (QED) is 0.756. The van der Waals surface area contributed by atoms with Crippen molar-refractivity contribution in [1.29, 1.82) is 0 Å². The molecule has 1 aromatic rings. The van der Waals surface area contributed by atoms with Gasteiger partial charge in [-0.2, -0.15) is 0 Å². The fourth-order valence-electron chi connectivity index (χ4n) is 1.36. The zero-order valence-electron chi connectivity index (χ0n) is 9.52. The van der Waals surface area contributed by atoms with Gasteiger partial charge in [0, 0.05) is 24.1 Å². The highest BCUT2D eigenvalue weighted by molar-refractivity contribution is 9.10. The highest BCUT2D eigenvalue weighted by Crippen LogP contribution is 2.22. The molecule has 0 spiro atoms. The number of hydrogen-bond donors (Lipinski definition) is 2. The van der Waals surface area contributed by atoms with Gasteiger partial charge in [-0.3, -0.25) is 0 Å². The Balaban J connectivity index is 2.19. The Hall–Kier alpha value is -0.0900. The third-order valence-electron chi connectivity index (χ3n) is 2.22. The standard InChI is InChI=1S/C12H18BrClN2/c1-2-5-15-6-7-16-9-10-3-4-11(13)12(14)8-10/h3-4,8,15-16H,2,5-7,9H2,1H3. The molecule has 0 aromatic heterocycles. The van der Waals surface area contributed by atoms with Gasteiger partial charge in [0.25, 0.3) is 0 Å². The third kappa shape index (κ3) is 5.30. The molecule has 0 aliphatic rings. The van der Waals surface area contributed by atoms with Crippen molar-refractivity contribution in [2.24, 2.45) is 0 Å². The second-order valence-electron chi connectivity index (χ2n) is 3.68. The minimum Gasteiger partial charge on any atom is -0.315 e. The van der Waals surface area contributed by atoms with Crippen molar-refractivity contribution in [2.75, 3.05) is 19.6 Å². The summed E-state index contributed by atoms with van der Waals surface area (Å²) in [6, 6.07) is 6.04. The summed E-state index contributed by atoms with van der Waals surface area (Å²) in [5.41, 5.74) is 1.21. The highest BCUT2D eigenvalue weighted by atomic mass is 79.9. The van der Waals surface area contributed by atoms with E-state index in [-0.39, 0.29) is 0 Å². The first-order valence-corrected chi connectivity index (χ1v) is 6.76. The molecule has 90 valence electrons. The maximum Gasteiger partial charge on any atom is 0.0551 e. The Labute approximate surface area is 111 Å². The van der Waals surface area contributed by atoms with Crippen LogP contribution < -0.4 is 10.6 Å². The summed E-state index contributed by atoms with van der Waals surface area (Å²) in [4.78, 5) is 0. The van der Waals surface area contributed by atoms with Crippen LogP contribution in [0.4, 0.5) is 0 Å². The maximum atomic E-state index is 6.01. The lowest BCUT2D eigenvalue weighted by Gasteiger charge is -2.06. The van der Waals surface area contributed by atoms with E-state index in [1.54, 1.807) is 0 Å². The summed E-state index contributed by atoms with van der Waals surface area (Å²) >= 11 is 9.39. The molecule has 1 rings (SSSR count). The molecule has 0 atom stereocenters. The predicted molar refractivity (Wildman–Crippen MR) is 74.0 cm³/mol. The monoisotopic (exact) mass is 304 g/mol. The normalized spacial score (nSPS) is 10.7. The Morgan fingerprint density at radius 1 is 1.19 bits per heavy atom. The first kappa shape index (κ1) is 14.0. The van der Waals surface area contributed by atoms with E-state index in [9.17, 15) is 0 Å². The first-order valence-electron chi connectivity index (χ1n) is 5.59. The smallest absolute Gasteiger partial charge is 0.0551 e. The minimum atomic E-state index is 0.767. The van der Waals surface area contributed by atoms with Crippen molar-refractivity contribution >= 4 is 27.5 Å². The summed E-state index contributed by atoms with van der Waals surface area (Å²) in [5, 5.41) is 7.48. The molecule has 0 fully saturated rings. The fraction of sp³-hybridized carbons (Fsp3) is 0.500. The summed E-state index contributed by atoms with van der Waals surface area (Å²) in [5.74, 6) is 0. The van der Waals surface area contributed by atoms with Crippen molar-refractivity contribution in [3.8, 4) is 0 Å². The van der Waals surface area contributed by atoms with Crippen molar-refractivity contribution in [3.05, 3.63) is 33.3 Å². The molecule has 0 aliphatic heterocycles. The van der Waals surface area contributed by atoms with Crippen LogP contribution >= 0.6 is 27.5 Å². The topological polar surface area (TPSA) is 24.1 Å². The van der Waals surface area contributed by atoms with Crippen LogP contribution in [0.1, 0.15) is 18.9 Å². The first-order chi connectivity index (χ1) is 7.74. The van der Waals surface area contributed by atoms with Crippen molar-refractivity contribution in [2.45, 2.75) is 19.9 Å². The number of benzene rings is 1. The molecule has 0 bridgehead atoms. The van der Waals surface area contributed by atoms with Gasteiger partial charge in [0.1, 0.15) is 0 Å². The molecule has 16 heavy (non-hydrogen) atoms. The molecule has 2 nitrogen and oxygen atoms in total. The summed E-state index contributed by atoms with van der Waals surface area (Å²) < 4.78 is 0.947. The zero-order valence-corrected chi connectivity index (χ0v) is 11.9. The Kier molecular flexibility index (Phi) is 7.05. The largest absolute Gasteiger partial charge is 0.315 e. The Morgan fingerprint density at radius 3 is 2.62 bits per heavy atom. The van der Waals surface area contributed by atoms with Crippen LogP contribution in [0.5, 0.6) is 0 Å². The average molecular weight is 306 g/mol. The van der Waals surface area contributed by atoms with E-state index >= 15 is 0 Å². The van der Waals surface area contributed by atoms with Gasteiger partial charge in [0.05, 0.1) is 5.02 Å². The van der Waals surface area contributed by atoms with E-state index in [1.807, 2.05) is 12.1 Å². The molecule has 0 saturated carbocycles. The highest BCUT2D eigenvalue weighted by Gasteiger charge is 1.98. The minimum absolute atomic E-state index is 0.767. The number of rotatable bonds is 7. The average Bonchev–Trinajstić information content (AvgIpc) is 2.28. The van der Waals surface area contributed by atoms with Crippen molar-refractivity contribution in [1.82, 2.24) is 10.6 Å². The molecule has 0 aliphatic carbocycles. The van der Waals surface area contributed by atoms with E-state index in [0.29, 0.717) is 0 Å².